The second kappa shape index (κ2) is 7.98. The molecule has 4 heteroatoms. The van der Waals surface area contributed by atoms with Crippen molar-refractivity contribution in [2.75, 3.05) is 13.7 Å². The Morgan fingerprint density at radius 1 is 0.913 bits per heavy atom. The zero-order valence-electron chi connectivity index (χ0n) is 17.1. The highest BCUT2D eigenvalue weighted by Crippen LogP contribution is 2.27. The molecule has 0 aromatic heterocycles. The van der Waals surface area contributed by atoms with E-state index in [1.165, 1.54) is 0 Å². The average molecular weight is 330 g/mol. The number of ether oxygens (including phenoxy) is 2. The number of methoxy groups -OCH3 is 1. The van der Waals surface area contributed by atoms with Crippen molar-refractivity contribution in [1.82, 2.24) is 5.32 Å². The standard InChI is InChI=1S/C19H39NO3/c1-16(2,3)14-17(4,5)20-15(21)13-19(8,9)23-12-11-18(6,7)22-10/h11-14H2,1-10H3,(H,20,21). The number of hydrogen-bond acceptors (Lipinski definition) is 3. The Kier molecular flexibility index (Phi) is 7.76. The van der Waals surface area contributed by atoms with Gasteiger partial charge in [0.2, 0.25) is 5.91 Å². The van der Waals surface area contributed by atoms with Crippen molar-refractivity contribution in [3.05, 3.63) is 0 Å². The first kappa shape index (κ1) is 22.4. The lowest BCUT2D eigenvalue weighted by atomic mass is 9.81. The van der Waals surface area contributed by atoms with Crippen molar-refractivity contribution >= 4 is 5.91 Å². The fourth-order valence-electron chi connectivity index (χ4n) is 2.90. The molecule has 0 bridgehead atoms. The molecule has 0 aliphatic carbocycles. The minimum atomic E-state index is -0.480. The van der Waals surface area contributed by atoms with Gasteiger partial charge in [-0.1, -0.05) is 20.8 Å². The molecule has 0 aliphatic rings. The van der Waals surface area contributed by atoms with Gasteiger partial charge in [0.1, 0.15) is 0 Å². The fraction of sp³-hybridized carbons (Fsp3) is 0.947. The molecular formula is C19H39NO3. The molecule has 0 aromatic rings. The highest BCUT2D eigenvalue weighted by Gasteiger charge is 2.30. The molecule has 0 atom stereocenters. The van der Waals surface area contributed by atoms with Gasteiger partial charge in [-0.25, -0.2) is 0 Å². The number of nitrogens with one attached hydrogen (secondary N) is 1. The van der Waals surface area contributed by atoms with Crippen molar-refractivity contribution in [2.45, 2.75) is 98.3 Å². The first-order valence-corrected chi connectivity index (χ1v) is 8.58. The third-order valence-corrected chi connectivity index (χ3v) is 3.79. The molecule has 0 heterocycles. The van der Waals surface area contributed by atoms with Crippen molar-refractivity contribution in [3.63, 3.8) is 0 Å². The SMILES string of the molecule is COC(C)(C)CCOC(C)(C)CC(=O)NC(C)(C)CC(C)(C)C. The molecular weight excluding hydrogens is 290 g/mol. The summed E-state index contributed by atoms with van der Waals surface area (Å²) in [6.07, 6.45) is 2.08. The van der Waals surface area contributed by atoms with Gasteiger partial charge >= 0.3 is 0 Å². The van der Waals surface area contributed by atoms with Crippen LogP contribution >= 0.6 is 0 Å². The molecule has 1 N–H and O–H groups in total. The van der Waals surface area contributed by atoms with Gasteiger partial charge in [-0.3, -0.25) is 4.79 Å². The van der Waals surface area contributed by atoms with Crippen LogP contribution in [0, 0.1) is 5.41 Å². The summed E-state index contributed by atoms with van der Waals surface area (Å²) >= 11 is 0. The summed E-state index contributed by atoms with van der Waals surface area (Å²) in [5.74, 6) is 0.0373. The van der Waals surface area contributed by atoms with E-state index in [0.29, 0.717) is 13.0 Å². The van der Waals surface area contributed by atoms with Crippen LogP contribution in [0.4, 0.5) is 0 Å². The van der Waals surface area contributed by atoms with Crippen molar-refractivity contribution in [2.24, 2.45) is 5.41 Å². The van der Waals surface area contributed by atoms with E-state index in [0.717, 1.165) is 12.8 Å². The van der Waals surface area contributed by atoms with Crippen LogP contribution in [0.15, 0.2) is 0 Å². The molecule has 23 heavy (non-hydrogen) atoms. The quantitative estimate of drug-likeness (QED) is 0.685. The molecule has 138 valence electrons. The van der Waals surface area contributed by atoms with Crippen LogP contribution in [-0.2, 0) is 14.3 Å². The van der Waals surface area contributed by atoms with E-state index in [4.69, 9.17) is 9.47 Å². The normalized spacial score (nSPS) is 14.0. The Morgan fingerprint density at radius 3 is 1.87 bits per heavy atom. The number of amides is 1. The molecule has 0 saturated heterocycles. The molecule has 0 radical (unpaired) electrons. The van der Waals surface area contributed by atoms with Gasteiger partial charge in [0, 0.05) is 12.6 Å². The minimum Gasteiger partial charge on any atom is -0.379 e. The lowest BCUT2D eigenvalue weighted by Gasteiger charge is -2.35. The predicted octanol–water partition coefficient (Wildman–Crippen LogP) is 4.32. The molecule has 0 unspecified atom stereocenters. The molecule has 1 amide bonds. The smallest absolute Gasteiger partial charge is 0.223 e. The van der Waals surface area contributed by atoms with E-state index in [2.05, 4.69) is 39.9 Å². The third kappa shape index (κ3) is 11.5. The van der Waals surface area contributed by atoms with Crippen LogP contribution < -0.4 is 5.32 Å². The van der Waals surface area contributed by atoms with Gasteiger partial charge in [-0.05, 0) is 59.8 Å². The van der Waals surface area contributed by atoms with Gasteiger partial charge < -0.3 is 14.8 Å². The summed E-state index contributed by atoms with van der Waals surface area (Å²) in [7, 11) is 1.70. The number of rotatable bonds is 9. The van der Waals surface area contributed by atoms with Crippen molar-refractivity contribution < 1.29 is 14.3 Å². The summed E-state index contributed by atoms with van der Waals surface area (Å²) in [4.78, 5) is 12.4. The van der Waals surface area contributed by atoms with Crippen LogP contribution in [0.25, 0.3) is 0 Å². The number of carbonyl (C=O) groups excluding carboxylic acids is 1. The first-order valence-electron chi connectivity index (χ1n) is 8.58. The Bertz CT molecular complexity index is 379. The Morgan fingerprint density at radius 2 is 1.43 bits per heavy atom. The lowest BCUT2D eigenvalue weighted by Crippen LogP contribution is -2.48. The van der Waals surface area contributed by atoms with E-state index in [-0.39, 0.29) is 22.5 Å². The van der Waals surface area contributed by atoms with Crippen LogP contribution in [0.3, 0.4) is 0 Å². The first-order chi connectivity index (χ1) is 10.1. The van der Waals surface area contributed by atoms with E-state index in [1.54, 1.807) is 7.11 Å². The average Bonchev–Trinajstić information content (AvgIpc) is 2.22. The molecule has 4 nitrogen and oxygen atoms in total. The van der Waals surface area contributed by atoms with Crippen LogP contribution in [0.1, 0.15) is 81.6 Å². The molecule has 0 rings (SSSR count). The summed E-state index contributed by atoms with van der Waals surface area (Å²) in [6, 6.07) is 0. The fourth-order valence-corrected chi connectivity index (χ4v) is 2.90. The van der Waals surface area contributed by atoms with E-state index >= 15 is 0 Å². The van der Waals surface area contributed by atoms with E-state index < -0.39 is 5.60 Å². The lowest BCUT2D eigenvalue weighted by molar-refractivity contribution is -0.130. The maximum Gasteiger partial charge on any atom is 0.223 e. The molecule has 0 spiro atoms. The summed E-state index contributed by atoms with van der Waals surface area (Å²) in [5.41, 5.74) is -0.725. The van der Waals surface area contributed by atoms with E-state index in [9.17, 15) is 4.79 Å². The van der Waals surface area contributed by atoms with Crippen LogP contribution in [0.2, 0.25) is 0 Å². The highest BCUT2D eigenvalue weighted by atomic mass is 16.5. The van der Waals surface area contributed by atoms with Crippen LogP contribution in [-0.4, -0.2) is 36.4 Å². The third-order valence-electron chi connectivity index (χ3n) is 3.79. The second-order valence-corrected chi connectivity index (χ2v) is 9.67. The Hall–Kier alpha value is -0.610. The summed E-state index contributed by atoms with van der Waals surface area (Å²) in [5, 5.41) is 3.14. The van der Waals surface area contributed by atoms with E-state index in [1.807, 2.05) is 27.7 Å². The summed E-state index contributed by atoms with van der Waals surface area (Å²) < 4.78 is 11.3. The zero-order chi connectivity index (χ0) is 18.5. The van der Waals surface area contributed by atoms with Gasteiger partial charge in [-0.15, -0.1) is 0 Å². The largest absolute Gasteiger partial charge is 0.379 e. The predicted molar refractivity (Wildman–Crippen MR) is 96.6 cm³/mol. The molecule has 0 saturated carbocycles. The Balaban J connectivity index is 4.41. The van der Waals surface area contributed by atoms with Crippen LogP contribution in [0.5, 0.6) is 0 Å². The Labute approximate surface area is 143 Å². The number of carbonyl (C=O) groups is 1. The molecule has 0 aliphatic heterocycles. The molecule has 0 fully saturated rings. The maximum absolute atomic E-state index is 12.4. The topological polar surface area (TPSA) is 47.6 Å². The van der Waals surface area contributed by atoms with Crippen molar-refractivity contribution in [1.29, 1.82) is 0 Å². The monoisotopic (exact) mass is 329 g/mol. The molecule has 0 aromatic carbocycles. The van der Waals surface area contributed by atoms with Crippen molar-refractivity contribution in [3.8, 4) is 0 Å². The summed E-state index contributed by atoms with van der Waals surface area (Å²) in [6.45, 7) is 19.3. The minimum absolute atomic E-state index is 0.0373. The highest BCUT2D eigenvalue weighted by molar-refractivity contribution is 5.77. The maximum atomic E-state index is 12.4. The van der Waals surface area contributed by atoms with Gasteiger partial charge in [0.05, 0.1) is 24.2 Å². The van der Waals surface area contributed by atoms with Gasteiger partial charge in [0.25, 0.3) is 0 Å². The van der Waals surface area contributed by atoms with Gasteiger partial charge in [-0.2, -0.15) is 0 Å². The second-order valence-electron chi connectivity index (χ2n) is 9.67. The number of hydrogen-bond donors (Lipinski definition) is 1. The van der Waals surface area contributed by atoms with Gasteiger partial charge in [0.15, 0.2) is 0 Å². The zero-order valence-corrected chi connectivity index (χ0v) is 17.1.